The number of aliphatic hydroxyl groups excluding tert-OH is 1. The van der Waals surface area contributed by atoms with Crippen molar-refractivity contribution >= 4 is 23.4 Å². The van der Waals surface area contributed by atoms with E-state index in [9.17, 15) is 14.7 Å². The lowest BCUT2D eigenvalue weighted by molar-refractivity contribution is -0.154. The van der Waals surface area contributed by atoms with Gasteiger partial charge in [0.25, 0.3) is 0 Å². The SMILES string of the molecule is CCOC(=O)[C@H](O)[C@@H](NC(=O)OC(C)(C)C)c1ccsc1. The molecule has 0 aliphatic carbocycles. The van der Waals surface area contributed by atoms with Crippen LogP contribution < -0.4 is 5.32 Å². The fraction of sp³-hybridized carbons (Fsp3) is 0.571. The van der Waals surface area contributed by atoms with Crippen LogP contribution in [0.15, 0.2) is 16.8 Å². The molecule has 0 unspecified atom stereocenters. The van der Waals surface area contributed by atoms with E-state index in [0.717, 1.165) is 0 Å². The third kappa shape index (κ3) is 5.73. The first kappa shape index (κ1) is 17.5. The molecule has 2 N–H and O–H groups in total. The number of thiophene rings is 1. The van der Waals surface area contributed by atoms with Gasteiger partial charge in [0.2, 0.25) is 0 Å². The first-order valence-corrected chi connectivity index (χ1v) is 7.55. The summed E-state index contributed by atoms with van der Waals surface area (Å²) >= 11 is 1.40. The van der Waals surface area contributed by atoms with E-state index in [1.807, 2.05) is 0 Å². The Morgan fingerprint density at radius 3 is 2.57 bits per heavy atom. The Kier molecular flexibility index (Phi) is 6.17. The van der Waals surface area contributed by atoms with Gasteiger partial charge < -0.3 is 19.9 Å². The molecule has 1 amide bonds. The highest BCUT2D eigenvalue weighted by molar-refractivity contribution is 7.08. The number of hydrogen-bond acceptors (Lipinski definition) is 6. The van der Waals surface area contributed by atoms with Gasteiger partial charge in [-0.25, -0.2) is 9.59 Å². The van der Waals surface area contributed by atoms with Gasteiger partial charge in [0, 0.05) is 0 Å². The zero-order chi connectivity index (χ0) is 16.0. The van der Waals surface area contributed by atoms with Crippen LogP contribution in [0.1, 0.15) is 39.3 Å². The first-order valence-electron chi connectivity index (χ1n) is 6.61. The average Bonchev–Trinajstić information content (AvgIpc) is 2.86. The molecule has 0 aliphatic heterocycles. The maximum Gasteiger partial charge on any atom is 0.408 e. The zero-order valence-electron chi connectivity index (χ0n) is 12.6. The number of carbonyl (C=O) groups excluding carboxylic acids is 2. The third-order valence-electron chi connectivity index (χ3n) is 2.42. The van der Waals surface area contributed by atoms with Crippen molar-refractivity contribution in [1.29, 1.82) is 0 Å². The molecule has 0 bridgehead atoms. The number of aliphatic hydroxyl groups is 1. The molecule has 0 saturated heterocycles. The lowest BCUT2D eigenvalue weighted by atomic mass is 10.1. The van der Waals surface area contributed by atoms with E-state index in [4.69, 9.17) is 9.47 Å². The summed E-state index contributed by atoms with van der Waals surface area (Å²) < 4.78 is 9.93. The fourth-order valence-electron chi connectivity index (χ4n) is 1.59. The van der Waals surface area contributed by atoms with E-state index in [0.29, 0.717) is 5.56 Å². The van der Waals surface area contributed by atoms with Gasteiger partial charge >= 0.3 is 12.1 Å². The van der Waals surface area contributed by atoms with Crippen LogP contribution in [0.5, 0.6) is 0 Å². The summed E-state index contributed by atoms with van der Waals surface area (Å²) in [7, 11) is 0. The molecule has 6 nitrogen and oxygen atoms in total. The van der Waals surface area contributed by atoms with Gasteiger partial charge in [-0.1, -0.05) is 0 Å². The summed E-state index contributed by atoms with van der Waals surface area (Å²) in [5, 5.41) is 16.1. The molecule has 1 heterocycles. The standard InChI is InChI=1S/C14H21NO5S/c1-5-19-12(17)11(16)10(9-6-7-21-8-9)15-13(18)20-14(2,3)4/h6-8,10-11,16H,5H2,1-4H3,(H,15,18)/t10-,11+/m0/s1. The Balaban J connectivity index is 2.84. The molecule has 21 heavy (non-hydrogen) atoms. The molecule has 2 atom stereocenters. The average molecular weight is 315 g/mol. The van der Waals surface area contributed by atoms with E-state index < -0.39 is 29.8 Å². The molecular weight excluding hydrogens is 294 g/mol. The lowest BCUT2D eigenvalue weighted by Gasteiger charge is -2.25. The second-order valence-corrected chi connectivity index (χ2v) is 6.16. The molecule has 0 aromatic carbocycles. The maximum atomic E-state index is 11.9. The predicted octanol–water partition coefficient (Wildman–Crippen LogP) is 2.24. The second-order valence-electron chi connectivity index (χ2n) is 5.38. The largest absolute Gasteiger partial charge is 0.464 e. The summed E-state index contributed by atoms with van der Waals surface area (Å²) in [5.74, 6) is -0.787. The Morgan fingerprint density at radius 2 is 2.10 bits per heavy atom. The van der Waals surface area contributed by atoms with Gasteiger partial charge in [-0.05, 0) is 50.1 Å². The summed E-state index contributed by atoms with van der Waals surface area (Å²) in [6.45, 7) is 6.99. The molecule has 0 spiro atoms. The van der Waals surface area contributed by atoms with Crippen LogP contribution in [0.3, 0.4) is 0 Å². The highest BCUT2D eigenvalue weighted by atomic mass is 32.1. The molecule has 0 fully saturated rings. The highest BCUT2D eigenvalue weighted by Crippen LogP contribution is 2.21. The smallest absolute Gasteiger partial charge is 0.408 e. The molecule has 0 saturated carbocycles. The van der Waals surface area contributed by atoms with Gasteiger partial charge in [0.05, 0.1) is 12.6 Å². The van der Waals surface area contributed by atoms with Crippen LogP contribution >= 0.6 is 11.3 Å². The number of esters is 1. The van der Waals surface area contributed by atoms with Crippen LogP contribution in [0, 0.1) is 0 Å². The number of ether oxygens (including phenoxy) is 2. The van der Waals surface area contributed by atoms with Gasteiger partial charge in [0.15, 0.2) is 6.10 Å². The maximum absolute atomic E-state index is 11.9. The van der Waals surface area contributed by atoms with Crippen molar-refractivity contribution in [3.8, 4) is 0 Å². The Labute approximate surface area is 128 Å². The van der Waals surface area contributed by atoms with Crippen LogP contribution in [-0.2, 0) is 14.3 Å². The summed E-state index contributed by atoms with van der Waals surface area (Å²) in [6, 6.07) is 0.806. The van der Waals surface area contributed by atoms with Crippen molar-refractivity contribution in [2.45, 2.75) is 45.4 Å². The molecular formula is C14H21NO5S. The van der Waals surface area contributed by atoms with E-state index in [-0.39, 0.29) is 6.61 Å². The van der Waals surface area contributed by atoms with Crippen LogP contribution in [0.2, 0.25) is 0 Å². The van der Waals surface area contributed by atoms with Crippen molar-refractivity contribution < 1.29 is 24.2 Å². The number of amides is 1. The van der Waals surface area contributed by atoms with Gasteiger partial charge in [-0.15, -0.1) is 0 Å². The topological polar surface area (TPSA) is 84.9 Å². The number of alkyl carbamates (subject to hydrolysis) is 1. The van der Waals surface area contributed by atoms with Crippen molar-refractivity contribution in [2.24, 2.45) is 0 Å². The van der Waals surface area contributed by atoms with Gasteiger partial charge in [0.1, 0.15) is 5.60 Å². The van der Waals surface area contributed by atoms with E-state index in [2.05, 4.69) is 5.32 Å². The third-order valence-corrected chi connectivity index (χ3v) is 3.12. The lowest BCUT2D eigenvalue weighted by Crippen LogP contribution is -2.43. The van der Waals surface area contributed by atoms with Crippen molar-refractivity contribution in [1.82, 2.24) is 5.32 Å². The normalized spacial score (nSPS) is 14.1. The van der Waals surface area contributed by atoms with Crippen LogP contribution in [0.4, 0.5) is 4.79 Å². The molecule has 0 radical (unpaired) electrons. The molecule has 118 valence electrons. The van der Waals surface area contributed by atoms with Crippen molar-refractivity contribution in [3.63, 3.8) is 0 Å². The number of rotatable bonds is 5. The first-order chi connectivity index (χ1) is 9.74. The van der Waals surface area contributed by atoms with Gasteiger partial charge in [-0.2, -0.15) is 11.3 Å². The van der Waals surface area contributed by atoms with E-state index in [1.54, 1.807) is 44.5 Å². The quantitative estimate of drug-likeness (QED) is 0.814. The summed E-state index contributed by atoms with van der Waals surface area (Å²) in [5.41, 5.74) is -0.0514. The van der Waals surface area contributed by atoms with Gasteiger partial charge in [-0.3, -0.25) is 0 Å². The minimum atomic E-state index is -1.49. The monoisotopic (exact) mass is 315 g/mol. The predicted molar refractivity (Wildman–Crippen MR) is 79.1 cm³/mol. The minimum absolute atomic E-state index is 0.151. The number of nitrogens with one attached hydrogen (secondary N) is 1. The highest BCUT2D eigenvalue weighted by Gasteiger charge is 2.31. The minimum Gasteiger partial charge on any atom is -0.464 e. The number of hydrogen-bond donors (Lipinski definition) is 2. The van der Waals surface area contributed by atoms with E-state index >= 15 is 0 Å². The number of carbonyl (C=O) groups is 2. The Bertz CT molecular complexity index is 466. The van der Waals surface area contributed by atoms with Crippen molar-refractivity contribution in [3.05, 3.63) is 22.4 Å². The fourth-order valence-corrected chi connectivity index (χ4v) is 2.29. The molecule has 1 aromatic heterocycles. The summed E-state index contributed by atoms with van der Waals surface area (Å²) in [6.07, 6.45) is -2.20. The van der Waals surface area contributed by atoms with Crippen molar-refractivity contribution in [2.75, 3.05) is 6.61 Å². The van der Waals surface area contributed by atoms with E-state index in [1.165, 1.54) is 11.3 Å². The second kappa shape index (κ2) is 7.42. The van der Waals surface area contributed by atoms with Crippen LogP contribution in [0.25, 0.3) is 0 Å². The Hall–Kier alpha value is -1.60. The molecule has 1 aromatic rings. The molecule has 7 heteroatoms. The summed E-state index contributed by atoms with van der Waals surface area (Å²) in [4.78, 5) is 23.5. The molecule has 0 aliphatic rings. The van der Waals surface area contributed by atoms with Crippen LogP contribution in [-0.4, -0.2) is 35.5 Å². The Morgan fingerprint density at radius 1 is 1.43 bits per heavy atom. The molecule has 1 rings (SSSR count). The zero-order valence-corrected chi connectivity index (χ0v) is 13.4.